The van der Waals surface area contributed by atoms with Gasteiger partial charge in [0.2, 0.25) is 5.91 Å². The van der Waals surface area contributed by atoms with Gasteiger partial charge in [0.05, 0.1) is 11.3 Å². The zero-order chi connectivity index (χ0) is 11.4. The molecule has 0 atom stereocenters. The monoisotopic (exact) mass is 207 g/mol. The van der Waals surface area contributed by atoms with Crippen LogP contribution in [0.2, 0.25) is 0 Å². The number of aryl methyl sites for hydroxylation is 1. The minimum absolute atomic E-state index is 0.117. The number of hydrogen-bond donors (Lipinski definition) is 2. The first-order chi connectivity index (χ1) is 7.04. The number of nitrogens with one attached hydrogen (secondary N) is 1. The summed E-state index contributed by atoms with van der Waals surface area (Å²) in [6.45, 7) is 3.42. The lowest BCUT2D eigenvalue weighted by molar-refractivity contribution is -0.115. The Labute approximate surface area is 87.7 Å². The first-order valence-corrected chi connectivity index (χ1v) is 4.62. The van der Waals surface area contributed by atoms with Crippen molar-refractivity contribution in [2.45, 2.75) is 20.3 Å². The van der Waals surface area contributed by atoms with Gasteiger partial charge in [-0.2, -0.15) is 0 Å². The fourth-order valence-electron chi connectivity index (χ4n) is 1.12. The molecule has 0 aliphatic rings. The van der Waals surface area contributed by atoms with Crippen LogP contribution in [-0.4, -0.2) is 16.8 Å². The number of nitrogens with zero attached hydrogens (tertiary/aromatic N) is 1. The van der Waals surface area contributed by atoms with Gasteiger partial charge in [0, 0.05) is 6.42 Å². The molecule has 1 heterocycles. The van der Waals surface area contributed by atoms with E-state index in [1.54, 1.807) is 26.0 Å². The van der Waals surface area contributed by atoms with Gasteiger partial charge in [-0.15, -0.1) is 0 Å². The average Bonchev–Trinajstić information content (AvgIpc) is 2.17. The van der Waals surface area contributed by atoms with Crippen LogP contribution < -0.4 is 11.1 Å². The molecular weight excluding hydrogens is 194 g/mol. The number of hydrogen-bond acceptors (Lipinski definition) is 3. The van der Waals surface area contributed by atoms with E-state index >= 15 is 0 Å². The van der Waals surface area contributed by atoms with Crippen LogP contribution in [0.3, 0.4) is 0 Å². The van der Waals surface area contributed by atoms with Gasteiger partial charge in [0.15, 0.2) is 0 Å². The molecule has 0 bridgehead atoms. The normalized spacial score (nSPS) is 9.73. The molecule has 80 valence electrons. The molecule has 1 rings (SSSR count). The summed E-state index contributed by atoms with van der Waals surface area (Å²) in [7, 11) is 0. The lowest BCUT2D eigenvalue weighted by atomic mass is 10.2. The Morgan fingerprint density at radius 3 is 2.60 bits per heavy atom. The van der Waals surface area contributed by atoms with Crippen molar-refractivity contribution in [2.75, 3.05) is 5.32 Å². The van der Waals surface area contributed by atoms with Crippen LogP contribution in [0.1, 0.15) is 29.4 Å². The van der Waals surface area contributed by atoms with Gasteiger partial charge >= 0.3 is 0 Å². The Morgan fingerprint density at radius 1 is 1.47 bits per heavy atom. The second-order valence-corrected chi connectivity index (χ2v) is 3.10. The third-order valence-electron chi connectivity index (χ3n) is 1.94. The lowest BCUT2D eigenvalue weighted by Gasteiger charge is -2.05. The van der Waals surface area contributed by atoms with E-state index in [9.17, 15) is 9.59 Å². The van der Waals surface area contributed by atoms with Crippen molar-refractivity contribution in [1.29, 1.82) is 0 Å². The molecule has 0 aliphatic carbocycles. The predicted octanol–water partition coefficient (Wildman–Crippen LogP) is 0.837. The zero-order valence-corrected chi connectivity index (χ0v) is 8.70. The quantitative estimate of drug-likeness (QED) is 0.770. The van der Waals surface area contributed by atoms with E-state index in [0.717, 1.165) is 0 Å². The van der Waals surface area contributed by atoms with E-state index in [-0.39, 0.29) is 5.91 Å². The van der Waals surface area contributed by atoms with Crippen LogP contribution in [0.15, 0.2) is 12.1 Å². The fourth-order valence-corrected chi connectivity index (χ4v) is 1.12. The van der Waals surface area contributed by atoms with Crippen molar-refractivity contribution in [3.63, 3.8) is 0 Å². The number of anilines is 1. The average molecular weight is 207 g/mol. The van der Waals surface area contributed by atoms with Gasteiger partial charge in [-0.3, -0.25) is 9.59 Å². The highest BCUT2D eigenvalue weighted by Gasteiger charge is 2.07. The first kappa shape index (κ1) is 11.2. The van der Waals surface area contributed by atoms with Gasteiger partial charge < -0.3 is 11.1 Å². The molecule has 0 radical (unpaired) electrons. The highest BCUT2D eigenvalue weighted by Crippen LogP contribution is 2.10. The summed E-state index contributed by atoms with van der Waals surface area (Å²) in [5.41, 5.74) is 6.00. The number of primary amides is 1. The number of pyridine rings is 1. The van der Waals surface area contributed by atoms with Crippen LogP contribution >= 0.6 is 0 Å². The van der Waals surface area contributed by atoms with Gasteiger partial charge in [0.1, 0.15) is 5.82 Å². The van der Waals surface area contributed by atoms with E-state index in [1.807, 2.05) is 0 Å². The Bertz CT molecular complexity index is 402. The van der Waals surface area contributed by atoms with Crippen molar-refractivity contribution >= 4 is 17.6 Å². The Hall–Kier alpha value is -1.91. The number of carbonyl (C=O) groups is 2. The summed E-state index contributed by atoms with van der Waals surface area (Å²) in [4.78, 5) is 26.0. The van der Waals surface area contributed by atoms with Crippen LogP contribution in [0.5, 0.6) is 0 Å². The Kier molecular flexibility index (Phi) is 3.38. The van der Waals surface area contributed by atoms with Crippen molar-refractivity contribution in [1.82, 2.24) is 4.98 Å². The number of aromatic nitrogens is 1. The van der Waals surface area contributed by atoms with Crippen molar-refractivity contribution in [3.8, 4) is 0 Å². The highest BCUT2D eigenvalue weighted by molar-refractivity contribution is 5.94. The second kappa shape index (κ2) is 4.54. The van der Waals surface area contributed by atoms with Crippen molar-refractivity contribution in [2.24, 2.45) is 5.73 Å². The lowest BCUT2D eigenvalue weighted by Crippen LogP contribution is -2.15. The number of amides is 2. The molecule has 0 aromatic carbocycles. The minimum Gasteiger partial charge on any atom is -0.366 e. The summed E-state index contributed by atoms with van der Waals surface area (Å²) in [5, 5.41) is 2.60. The minimum atomic E-state index is -0.520. The SMILES string of the molecule is CCC(=O)Nc1ccc(C(N)=O)c(C)n1. The van der Waals surface area contributed by atoms with E-state index in [0.29, 0.717) is 23.5 Å². The predicted molar refractivity (Wildman–Crippen MR) is 56.4 cm³/mol. The molecule has 3 N–H and O–H groups in total. The second-order valence-electron chi connectivity index (χ2n) is 3.10. The van der Waals surface area contributed by atoms with E-state index in [2.05, 4.69) is 10.3 Å². The maximum atomic E-state index is 11.1. The number of rotatable bonds is 3. The molecule has 0 aliphatic heterocycles. The highest BCUT2D eigenvalue weighted by atomic mass is 16.2. The zero-order valence-electron chi connectivity index (χ0n) is 8.70. The van der Waals surface area contributed by atoms with Gasteiger partial charge in [-0.05, 0) is 19.1 Å². The molecule has 0 saturated carbocycles. The number of nitrogens with two attached hydrogens (primary N) is 1. The molecule has 1 aromatic rings. The summed E-state index contributed by atoms with van der Waals surface area (Å²) < 4.78 is 0. The largest absolute Gasteiger partial charge is 0.366 e. The smallest absolute Gasteiger partial charge is 0.250 e. The Balaban J connectivity index is 2.91. The molecule has 0 fully saturated rings. The van der Waals surface area contributed by atoms with Crippen LogP contribution in [0.4, 0.5) is 5.82 Å². The molecule has 2 amide bonds. The van der Waals surface area contributed by atoms with Gasteiger partial charge in [-0.1, -0.05) is 6.92 Å². The molecule has 15 heavy (non-hydrogen) atoms. The summed E-state index contributed by atoms with van der Waals surface area (Å²) in [6, 6.07) is 3.11. The van der Waals surface area contributed by atoms with Crippen LogP contribution in [0.25, 0.3) is 0 Å². The maximum absolute atomic E-state index is 11.1. The van der Waals surface area contributed by atoms with Crippen LogP contribution in [0, 0.1) is 6.92 Å². The van der Waals surface area contributed by atoms with Crippen molar-refractivity contribution < 1.29 is 9.59 Å². The molecule has 5 nitrogen and oxygen atoms in total. The number of carbonyl (C=O) groups excluding carboxylic acids is 2. The van der Waals surface area contributed by atoms with E-state index < -0.39 is 5.91 Å². The topological polar surface area (TPSA) is 85.1 Å². The molecule has 0 unspecified atom stereocenters. The van der Waals surface area contributed by atoms with Gasteiger partial charge in [0.25, 0.3) is 5.91 Å². The van der Waals surface area contributed by atoms with E-state index in [4.69, 9.17) is 5.73 Å². The maximum Gasteiger partial charge on any atom is 0.250 e. The Morgan fingerprint density at radius 2 is 2.13 bits per heavy atom. The van der Waals surface area contributed by atoms with Crippen molar-refractivity contribution in [3.05, 3.63) is 23.4 Å². The first-order valence-electron chi connectivity index (χ1n) is 4.62. The summed E-state index contributed by atoms with van der Waals surface area (Å²) >= 11 is 0. The summed E-state index contributed by atoms with van der Waals surface area (Å²) in [5.74, 6) is -0.202. The standard InChI is InChI=1S/C10H13N3O2/c1-3-9(14)13-8-5-4-7(10(11)15)6(2)12-8/h4-5H,3H2,1-2H3,(H2,11,15)(H,12,13,14). The molecule has 0 spiro atoms. The molecule has 1 aromatic heterocycles. The van der Waals surface area contributed by atoms with Gasteiger partial charge in [-0.25, -0.2) is 4.98 Å². The molecular formula is C10H13N3O2. The summed E-state index contributed by atoms with van der Waals surface area (Å²) in [6.07, 6.45) is 0.387. The third-order valence-corrected chi connectivity index (χ3v) is 1.94. The molecule has 5 heteroatoms. The van der Waals surface area contributed by atoms with Crippen LogP contribution in [-0.2, 0) is 4.79 Å². The third kappa shape index (κ3) is 2.77. The fraction of sp³-hybridized carbons (Fsp3) is 0.300. The van der Waals surface area contributed by atoms with E-state index in [1.165, 1.54) is 0 Å². The molecule has 0 saturated heterocycles.